The van der Waals surface area contributed by atoms with E-state index in [1.54, 1.807) is 12.3 Å². The topological polar surface area (TPSA) is 36.7 Å². The van der Waals surface area contributed by atoms with E-state index in [1.165, 1.54) is 5.56 Å². The first-order valence-electron chi connectivity index (χ1n) is 3.22. The Morgan fingerprint density at radius 3 is 2.80 bits per heavy atom. The summed E-state index contributed by atoms with van der Waals surface area (Å²) < 4.78 is 0. The van der Waals surface area contributed by atoms with Crippen LogP contribution in [0, 0.1) is 11.3 Å². The summed E-state index contributed by atoms with van der Waals surface area (Å²) in [6.07, 6.45) is 2.71. The van der Waals surface area contributed by atoms with Crippen molar-refractivity contribution in [3.05, 3.63) is 29.6 Å². The zero-order valence-corrected chi connectivity index (χ0v) is 5.83. The first-order chi connectivity index (χ1) is 4.86. The molecule has 0 aromatic carbocycles. The Balaban J connectivity index is 2.93. The molecular weight excluding hydrogens is 124 g/mol. The highest BCUT2D eigenvalue weighted by atomic mass is 14.7. The van der Waals surface area contributed by atoms with Crippen LogP contribution in [0.1, 0.15) is 18.2 Å². The average Bonchev–Trinajstić information content (AvgIpc) is 2.05. The van der Waals surface area contributed by atoms with Crippen LogP contribution in [0.25, 0.3) is 0 Å². The highest BCUT2D eigenvalue weighted by Gasteiger charge is 1.89. The van der Waals surface area contributed by atoms with Crippen LogP contribution in [0.3, 0.4) is 0 Å². The smallest absolute Gasteiger partial charge is 0.140 e. The molecule has 0 spiro atoms. The lowest BCUT2D eigenvalue weighted by atomic mass is 10.2. The number of rotatable bonds is 1. The average molecular weight is 132 g/mol. The maximum atomic E-state index is 8.39. The number of aromatic nitrogens is 1. The summed E-state index contributed by atoms with van der Waals surface area (Å²) in [5, 5.41) is 8.39. The Kier molecular flexibility index (Phi) is 2.01. The molecule has 0 N–H and O–H groups in total. The predicted octanol–water partition coefficient (Wildman–Crippen LogP) is 1.52. The van der Waals surface area contributed by atoms with Crippen LogP contribution in [-0.2, 0) is 6.42 Å². The summed E-state index contributed by atoms with van der Waals surface area (Å²) >= 11 is 0. The van der Waals surface area contributed by atoms with Crippen molar-refractivity contribution < 1.29 is 0 Å². The molecule has 0 bridgehead atoms. The van der Waals surface area contributed by atoms with Gasteiger partial charge in [0.05, 0.1) is 0 Å². The van der Waals surface area contributed by atoms with Gasteiger partial charge in [0.25, 0.3) is 0 Å². The minimum Gasteiger partial charge on any atom is -0.245 e. The minimum atomic E-state index is 0.484. The van der Waals surface area contributed by atoms with Crippen LogP contribution in [-0.4, -0.2) is 4.98 Å². The monoisotopic (exact) mass is 132 g/mol. The van der Waals surface area contributed by atoms with Gasteiger partial charge in [-0.15, -0.1) is 0 Å². The maximum absolute atomic E-state index is 8.39. The molecule has 0 radical (unpaired) electrons. The van der Waals surface area contributed by atoms with Crippen molar-refractivity contribution in [1.82, 2.24) is 4.98 Å². The lowest BCUT2D eigenvalue weighted by Crippen LogP contribution is -1.84. The number of aryl methyl sites for hydroxylation is 1. The number of nitriles is 1. The Labute approximate surface area is 60.1 Å². The second-order valence-corrected chi connectivity index (χ2v) is 2.02. The fraction of sp³-hybridized carbons (Fsp3) is 0.250. The summed E-state index contributed by atoms with van der Waals surface area (Å²) in [4.78, 5) is 3.91. The van der Waals surface area contributed by atoms with Gasteiger partial charge in [0.2, 0.25) is 0 Å². The van der Waals surface area contributed by atoms with Crippen LogP contribution in [0.4, 0.5) is 0 Å². The molecule has 10 heavy (non-hydrogen) atoms. The minimum absolute atomic E-state index is 0.484. The van der Waals surface area contributed by atoms with Crippen molar-refractivity contribution >= 4 is 0 Å². The van der Waals surface area contributed by atoms with Crippen LogP contribution in [0.2, 0.25) is 0 Å². The van der Waals surface area contributed by atoms with E-state index < -0.39 is 0 Å². The molecule has 2 nitrogen and oxygen atoms in total. The first kappa shape index (κ1) is 6.76. The van der Waals surface area contributed by atoms with Gasteiger partial charge in [-0.1, -0.05) is 13.0 Å². The van der Waals surface area contributed by atoms with Crippen molar-refractivity contribution in [3.63, 3.8) is 0 Å². The third kappa shape index (κ3) is 1.32. The van der Waals surface area contributed by atoms with E-state index in [9.17, 15) is 0 Å². The Bertz CT molecular complexity index is 243. The van der Waals surface area contributed by atoms with E-state index in [4.69, 9.17) is 5.26 Å². The van der Waals surface area contributed by atoms with E-state index in [1.807, 2.05) is 12.1 Å². The van der Waals surface area contributed by atoms with Crippen LogP contribution in [0.15, 0.2) is 18.3 Å². The standard InChI is InChI=1S/C8H8N2/c1-2-7-3-4-8(5-9)10-6-7/h3-4,6H,2H2,1H3. The number of pyridine rings is 1. The van der Waals surface area contributed by atoms with Crippen molar-refractivity contribution in [3.8, 4) is 6.07 Å². The van der Waals surface area contributed by atoms with Crippen molar-refractivity contribution in [2.75, 3.05) is 0 Å². The fourth-order valence-corrected chi connectivity index (χ4v) is 0.700. The molecule has 1 heterocycles. The highest BCUT2D eigenvalue weighted by Crippen LogP contribution is 1.98. The molecule has 0 fully saturated rings. The first-order valence-corrected chi connectivity index (χ1v) is 3.22. The molecule has 0 aliphatic heterocycles. The van der Waals surface area contributed by atoms with Gasteiger partial charge in [-0.3, -0.25) is 0 Å². The van der Waals surface area contributed by atoms with E-state index in [0.29, 0.717) is 5.69 Å². The van der Waals surface area contributed by atoms with Gasteiger partial charge < -0.3 is 0 Å². The predicted molar refractivity (Wildman–Crippen MR) is 38.3 cm³/mol. The van der Waals surface area contributed by atoms with Crippen molar-refractivity contribution in [2.45, 2.75) is 13.3 Å². The summed E-state index contributed by atoms with van der Waals surface area (Å²) in [6, 6.07) is 5.62. The molecule has 1 aromatic heterocycles. The van der Waals surface area contributed by atoms with Gasteiger partial charge in [0.1, 0.15) is 11.8 Å². The molecule has 0 saturated heterocycles. The Morgan fingerprint density at radius 2 is 2.40 bits per heavy atom. The summed E-state index contributed by atoms with van der Waals surface area (Å²) in [5.74, 6) is 0. The number of hydrogen-bond acceptors (Lipinski definition) is 2. The molecule has 0 atom stereocenters. The second kappa shape index (κ2) is 2.98. The molecule has 1 rings (SSSR count). The van der Waals surface area contributed by atoms with Crippen LogP contribution in [0.5, 0.6) is 0 Å². The van der Waals surface area contributed by atoms with Gasteiger partial charge in [-0.25, -0.2) is 4.98 Å². The third-order valence-electron chi connectivity index (χ3n) is 1.35. The third-order valence-corrected chi connectivity index (χ3v) is 1.35. The highest BCUT2D eigenvalue weighted by molar-refractivity contribution is 5.22. The second-order valence-electron chi connectivity index (χ2n) is 2.02. The molecule has 50 valence electrons. The van der Waals surface area contributed by atoms with Gasteiger partial charge in [0, 0.05) is 6.20 Å². The van der Waals surface area contributed by atoms with E-state index in [2.05, 4.69) is 11.9 Å². The fourth-order valence-electron chi connectivity index (χ4n) is 0.700. The molecule has 1 aromatic rings. The number of nitrogens with zero attached hydrogens (tertiary/aromatic N) is 2. The maximum Gasteiger partial charge on any atom is 0.140 e. The molecule has 0 aliphatic rings. The quantitative estimate of drug-likeness (QED) is 0.580. The van der Waals surface area contributed by atoms with E-state index in [0.717, 1.165) is 6.42 Å². The Hall–Kier alpha value is -1.36. The molecule has 0 unspecified atom stereocenters. The van der Waals surface area contributed by atoms with Crippen molar-refractivity contribution in [1.29, 1.82) is 5.26 Å². The van der Waals surface area contributed by atoms with Gasteiger partial charge in [-0.05, 0) is 18.1 Å². The normalized spacial score (nSPS) is 8.80. The Morgan fingerprint density at radius 1 is 1.60 bits per heavy atom. The SMILES string of the molecule is CCc1ccc(C#N)nc1. The lowest BCUT2D eigenvalue weighted by Gasteiger charge is -1.92. The zero-order valence-electron chi connectivity index (χ0n) is 5.83. The molecule has 0 saturated carbocycles. The zero-order chi connectivity index (χ0) is 7.40. The lowest BCUT2D eigenvalue weighted by molar-refractivity contribution is 1.09. The molecule has 0 amide bonds. The van der Waals surface area contributed by atoms with Gasteiger partial charge in [-0.2, -0.15) is 5.26 Å². The largest absolute Gasteiger partial charge is 0.245 e. The summed E-state index contributed by atoms with van der Waals surface area (Å²) in [5.41, 5.74) is 1.65. The number of hydrogen-bond donors (Lipinski definition) is 0. The summed E-state index contributed by atoms with van der Waals surface area (Å²) in [7, 11) is 0. The van der Waals surface area contributed by atoms with Crippen LogP contribution < -0.4 is 0 Å². The molecule has 2 heteroatoms. The van der Waals surface area contributed by atoms with Crippen LogP contribution >= 0.6 is 0 Å². The van der Waals surface area contributed by atoms with Gasteiger partial charge in [0.15, 0.2) is 0 Å². The van der Waals surface area contributed by atoms with E-state index in [-0.39, 0.29) is 0 Å². The summed E-state index contributed by atoms with van der Waals surface area (Å²) in [6.45, 7) is 2.06. The molecular formula is C8H8N2. The van der Waals surface area contributed by atoms with Crippen molar-refractivity contribution in [2.24, 2.45) is 0 Å². The van der Waals surface area contributed by atoms with E-state index >= 15 is 0 Å². The molecule has 0 aliphatic carbocycles. The van der Waals surface area contributed by atoms with Gasteiger partial charge >= 0.3 is 0 Å².